The molecule has 3 atom stereocenters. The first-order chi connectivity index (χ1) is 9.65. The molecule has 4 heteroatoms. The van der Waals surface area contributed by atoms with Crippen LogP contribution in [0.4, 0.5) is 13.2 Å². The smallest absolute Gasteiger partial charge is 0.314 e. The monoisotopic (exact) mass is 307 g/mol. The van der Waals surface area contributed by atoms with Gasteiger partial charge < -0.3 is 5.32 Å². The fourth-order valence-electron chi connectivity index (χ4n) is 3.43. The van der Waals surface area contributed by atoms with Crippen LogP contribution in [0.25, 0.3) is 0 Å². The van der Waals surface area contributed by atoms with Crippen LogP contribution >= 0.6 is 0 Å². The summed E-state index contributed by atoms with van der Waals surface area (Å²) in [5.74, 6) is -1.35. The zero-order valence-electron chi connectivity index (χ0n) is 14.0. The summed E-state index contributed by atoms with van der Waals surface area (Å²) in [6.07, 6.45) is 1.44. The van der Waals surface area contributed by atoms with E-state index in [-0.39, 0.29) is 17.4 Å². The Bertz CT molecular complexity index is 293. The number of hydrogen-bond acceptors (Lipinski definition) is 1. The lowest BCUT2D eigenvalue weighted by atomic mass is 9.72. The molecule has 1 fully saturated rings. The average molecular weight is 307 g/mol. The number of halogens is 3. The lowest BCUT2D eigenvalue weighted by molar-refractivity contribution is -0.199. The van der Waals surface area contributed by atoms with Crippen LogP contribution in [-0.4, -0.2) is 18.8 Å². The van der Waals surface area contributed by atoms with Gasteiger partial charge in [0.15, 0.2) is 0 Å². The molecule has 0 amide bonds. The molecule has 1 nitrogen and oxygen atoms in total. The second-order valence-corrected chi connectivity index (χ2v) is 7.76. The first-order valence-corrected chi connectivity index (χ1v) is 8.45. The van der Waals surface area contributed by atoms with Gasteiger partial charge in [-0.3, -0.25) is 0 Å². The highest BCUT2D eigenvalue weighted by atomic mass is 19.4. The molecule has 0 aromatic heterocycles. The van der Waals surface area contributed by atoms with Gasteiger partial charge in [-0.2, -0.15) is 13.2 Å². The van der Waals surface area contributed by atoms with Gasteiger partial charge in [0.25, 0.3) is 0 Å². The summed E-state index contributed by atoms with van der Waals surface area (Å²) < 4.78 is 40.0. The summed E-state index contributed by atoms with van der Waals surface area (Å²) in [7, 11) is 0. The predicted molar refractivity (Wildman–Crippen MR) is 82.3 cm³/mol. The molecule has 0 aliphatic heterocycles. The summed E-state index contributed by atoms with van der Waals surface area (Å²) in [6.45, 7) is 9.36. The van der Waals surface area contributed by atoms with E-state index in [4.69, 9.17) is 0 Å². The summed E-state index contributed by atoms with van der Waals surface area (Å²) in [5, 5.41) is 3.41. The summed E-state index contributed by atoms with van der Waals surface area (Å²) in [4.78, 5) is 0. The lowest BCUT2D eigenvalue weighted by Crippen LogP contribution is -2.46. The van der Waals surface area contributed by atoms with E-state index in [1.165, 1.54) is 0 Å². The molecule has 0 bridgehead atoms. The molecule has 126 valence electrons. The predicted octanol–water partition coefficient (Wildman–Crippen LogP) is 5.55. The molecular formula is C17H32F3N. The normalized spacial score (nSPS) is 25.9. The van der Waals surface area contributed by atoms with E-state index in [1.54, 1.807) is 0 Å². The van der Waals surface area contributed by atoms with Crippen molar-refractivity contribution in [1.29, 1.82) is 0 Å². The largest absolute Gasteiger partial charge is 0.392 e. The standard InChI is InChI=1S/C17H32F3N/c1-5-12-21-15(10-11-16(2,3)4)13-8-6-7-9-14(13)17(18,19)20/h13-15,21H,5-12H2,1-4H3. The van der Waals surface area contributed by atoms with Crippen LogP contribution in [0.5, 0.6) is 0 Å². The van der Waals surface area contributed by atoms with Gasteiger partial charge in [-0.05, 0) is 50.0 Å². The highest BCUT2D eigenvalue weighted by Gasteiger charge is 2.47. The first kappa shape index (κ1) is 18.8. The second-order valence-electron chi connectivity index (χ2n) is 7.76. The fourth-order valence-corrected chi connectivity index (χ4v) is 3.43. The van der Waals surface area contributed by atoms with Crippen LogP contribution in [0.3, 0.4) is 0 Å². The van der Waals surface area contributed by atoms with Gasteiger partial charge in [-0.25, -0.2) is 0 Å². The maximum Gasteiger partial charge on any atom is 0.392 e. The lowest BCUT2D eigenvalue weighted by Gasteiger charge is -2.39. The van der Waals surface area contributed by atoms with Gasteiger partial charge in [0.05, 0.1) is 5.92 Å². The minimum absolute atomic E-state index is 0.0103. The Kier molecular flexibility index (Phi) is 7.02. The molecule has 1 saturated carbocycles. The topological polar surface area (TPSA) is 12.0 Å². The van der Waals surface area contributed by atoms with Crippen molar-refractivity contribution in [3.63, 3.8) is 0 Å². The van der Waals surface area contributed by atoms with E-state index in [0.717, 1.165) is 45.1 Å². The van der Waals surface area contributed by atoms with Crippen LogP contribution in [0, 0.1) is 17.3 Å². The van der Waals surface area contributed by atoms with Crippen LogP contribution < -0.4 is 5.32 Å². The summed E-state index contributed by atoms with van der Waals surface area (Å²) in [6, 6.07) is 0.0103. The molecule has 1 rings (SSSR count). The van der Waals surface area contributed by atoms with Gasteiger partial charge in [-0.15, -0.1) is 0 Å². The van der Waals surface area contributed by atoms with Gasteiger partial charge >= 0.3 is 6.18 Å². The maximum absolute atomic E-state index is 13.3. The molecule has 1 aliphatic carbocycles. The molecule has 21 heavy (non-hydrogen) atoms. The Morgan fingerprint density at radius 3 is 2.24 bits per heavy atom. The van der Waals surface area contributed by atoms with E-state index in [2.05, 4.69) is 33.0 Å². The summed E-state index contributed by atoms with van der Waals surface area (Å²) in [5.41, 5.74) is 0.175. The average Bonchev–Trinajstić information content (AvgIpc) is 2.37. The number of alkyl halides is 3. The molecule has 0 aromatic rings. The van der Waals surface area contributed by atoms with Crippen molar-refractivity contribution in [3.05, 3.63) is 0 Å². The number of hydrogen-bond donors (Lipinski definition) is 1. The Morgan fingerprint density at radius 2 is 1.71 bits per heavy atom. The van der Waals surface area contributed by atoms with Crippen molar-refractivity contribution in [2.45, 2.75) is 84.9 Å². The van der Waals surface area contributed by atoms with Gasteiger partial charge in [-0.1, -0.05) is 40.5 Å². The molecule has 0 saturated heterocycles. The SMILES string of the molecule is CCCNC(CCC(C)(C)C)C1CCCCC1C(F)(F)F. The highest BCUT2D eigenvalue weighted by Crippen LogP contribution is 2.44. The van der Waals surface area contributed by atoms with Crippen LogP contribution in [-0.2, 0) is 0 Å². The Morgan fingerprint density at radius 1 is 1.10 bits per heavy atom. The molecular weight excluding hydrogens is 275 g/mol. The maximum atomic E-state index is 13.3. The quantitative estimate of drug-likeness (QED) is 0.678. The van der Waals surface area contributed by atoms with Crippen LogP contribution in [0.1, 0.15) is 72.6 Å². The van der Waals surface area contributed by atoms with Crippen molar-refractivity contribution in [1.82, 2.24) is 5.32 Å². The highest BCUT2D eigenvalue weighted by molar-refractivity contribution is 4.89. The summed E-state index contributed by atoms with van der Waals surface area (Å²) >= 11 is 0. The zero-order chi connectivity index (χ0) is 16.1. The number of rotatable bonds is 6. The van der Waals surface area contributed by atoms with Crippen molar-refractivity contribution >= 4 is 0 Å². The molecule has 0 aromatic carbocycles. The molecule has 3 unspecified atom stereocenters. The molecule has 0 spiro atoms. The van der Waals surface area contributed by atoms with E-state index >= 15 is 0 Å². The van der Waals surface area contributed by atoms with Gasteiger partial charge in [0.1, 0.15) is 0 Å². The third kappa shape index (κ3) is 6.58. The Labute approximate surface area is 128 Å². The van der Waals surface area contributed by atoms with Crippen molar-refractivity contribution in [2.24, 2.45) is 17.3 Å². The number of nitrogens with one attached hydrogen (secondary N) is 1. The van der Waals surface area contributed by atoms with E-state index in [1.807, 2.05) is 0 Å². The minimum Gasteiger partial charge on any atom is -0.314 e. The molecule has 1 aliphatic rings. The van der Waals surface area contributed by atoms with Gasteiger partial charge in [0.2, 0.25) is 0 Å². The van der Waals surface area contributed by atoms with Crippen molar-refractivity contribution < 1.29 is 13.2 Å². The Balaban J connectivity index is 2.77. The van der Waals surface area contributed by atoms with Gasteiger partial charge in [0, 0.05) is 6.04 Å². The van der Waals surface area contributed by atoms with E-state index < -0.39 is 12.1 Å². The van der Waals surface area contributed by atoms with Crippen LogP contribution in [0.15, 0.2) is 0 Å². The fraction of sp³-hybridized carbons (Fsp3) is 1.00. The zero-order valence-corrected chi connectivity index (χ0v) is 14.0. The van der Waals surface area contributed by atoms with Crippen molar-refractivity contribution in [2.75, 3.05) is 6.54 Å². The molecule has 0 heterocycles. The van der Waals surface area contributed by atoms with Crippen LogP contribution in [0.2, 0.25) is 0 Å². The third-order valence-electron chi connectivity index (χ3n) is 4.62. The Hall–Kier alpha value is -0.250. The van der Waals surface area contributed by atoms with E-state index in [9.17, 15) is 13.2 Å². The third-order valence-corrected chi connectivity index (χ3v) is 4.62. The molecule has 1 N–H and O–H groups in total. The first-order valence-electron chi connectivity index (χ1n) is 8.45. The van der Waals surface area contributed by atoms with E-state index in [0.29, 0.717) is 6.42 Å². The molecule has 0 radical (unpaired) electrons. The van der Waals surface area contributed by atoms with Crippen molar-refractivity contribution in [3.8, 4) is 0 Å². The second kappa shape index (κ2) is 7.85. The minimum atomic E-state index is -4.04.